The number of aromatic nitrogens is 5. The first-order chi connectivity index (χ1) is 15.9. The molecule has 0 aliphatic heterocycles. The Hall–Kier alpha value is -3.55. The highest BCUT2D eigenvalue weighted by molar-refractivity contribution is 6.35. The SMILES string of the molecule is Cc1ccc2c(c1)c(C(=O)c1nnc(-c3ccncn3)o1)c(C)n2Cc1ccc(Cl)cc1Cl. The van der Waals surface area contributed by atoms with Crippen LogP contribution in [0.25, 0.3) is 22.5 Å². The first-order valence-electron chi connectivity index (χ1n) is 10.1. The van der Waals surface area contributed by atoms with Crippen molar-refractivity contribution in [1.29, 1.82) is 0 Å². The van der Waals surface area contributed by atoms with Gasteiger partial charge in [0.15, 0.2) is 0 Å². The fraction of sp³-hybridized carbons (Fsp3) is 0.125. The number of halogens is 2. The van der Waals surface area contributed by atoms with E-state index in [1.54, 1.807) is 24.4 Å². The van der Waals surface area contributed by atoms with E-state index in [2.05, 4.69) is 24.7 Å². The summed E-state index contributed by atoms with van der Waals surface area (Å²) in [6.07, 6.45) is 2.94. The Bertz CT molecular complexity index is 1510. The third-order valence-electron chi connectivity index (χ3n) is 5.47. The van der Waals surface area contributed by atoms with E-state index in [0.717, 1.165) is 27.7 Å². The zero-order valence-electron chi connectivity index (χ0n) is 17.7. The van der Waals surface area contributed by atoms with Gasteiger partial charge < -0.3 is 8.98 Å². The van der Waals surface area contributed by atoms with Crippen molar-refractivity contribution in [3.63, 3.8) is 0 Å². The molecule has 0 atom stereocenters. The van der Waals surface area contributed by atoms with E-state index >= 15 is 0 Å². The average Bonchev–Trinajstić information content (AvgIpc) is 3.39. The first-order valence-corrected chi connectivity index (χ1v) is 10.9. The smallest absolute Gasteiger partial charge is 0.289 e. The third-order valence-corrected chi connectivity index (χ3v) is 6.06. The monoisotopic (exact) mass is 477 g/mol. The number of nitrogens with zero attached hydrogens (tertiary/aromatic N) is 5. The quantitative estimate of drug-likeness (QED) is 0.302. The lowest BCUT2D eigenvalue weighted by Crippen LogP contribution is -2.07. The molecule has 0 amide bonds. The molecule has 0 radical (unpaired) electrons. The summed E-state index contributed by atoms with van der Waals surface area (Å²) in [5, 5.41) is 9.92. The number of aryl methyl sites for hydroxylation is 1. The molecule has 5 rings (SSSR count). The van der Waals surface area contributed by atoms with E-state index in [9.17, 15) is 4.79 Å². The zero-order valence-corrected chi connectivity index (χ0v) is 19.2. The van der Waals surface area contributed by atoms with Crippen LogP contribution in [0.3, 0.4) is 0 Å². The zero-order chi connectivity index (χ0) is 23.1. The molecule has 5 aromatic rings. The van der Waals surface area contributed by atoms with Crippen LogP contribution in [0.2, 0.25) is 10.0 Å². The molecule has 3 heterocycles. The Balaban J connectivity index is 1.61. The van der Waals surface area contributed by atoms with E-state index in [-0.39, 0.29) is 17.6 Å². The topological polar surface area (TPSA) is 86.7 Å². The Morgan fingerprint density at radius 3 is 2.67 bits per heavy atom. The maximum absolute atomic E-state index is 13.5. The van der Waals surface area contributed by atoms with Crippen LogP contribution in [0.1, 0.15) is 33.1 Å². The lowest BCUT2D eigenvalue weighted by Gasteiger charge is -2.11. The second-order valence-corrected chi connectivity index (χ2v) is 8.48. The molecule has 0 aliphatic carbocycles. The number of carbonyl (C=O) groups is 1. The van der Waals surface area contributed by atoms with Gasteiger partial charge in [0.25, 0.3) is 17.6 Å². The van der Waals surface area contributed by atoms with Crippen LogP contribution in [-0.2, 0) is 6.54 Å². The molecule has 7 nitrogen and oxygen atoms in total. The molecule has 0 saturated carbocycles. The highest BCUT2D eigenvalue weighted by Crippen LogP contribution is 2.31. The van der Waals surface area contributed by atoms with Gasteiger partial charge in [0, 0.05) is 39.4 Å². The van der Waals surface area contributed by atoms with Crippen LogP contribution >= 0.6 is 23.2 Å². The van der Waals surface area contributed by atoms with Crippen LogP contribution in [0, 0.1) is 13.8 Å². The van der Waals surface area contributed by atoms with E-state index in [1.165, 1.54) is 6.33 Å². The average molecular weight is 478 g/mol. The van der Waals surface area contributed by atoms with Crippen LogP contribution in [0.15, 0.2) is 59.4 Å². The van der Waals surface area contributed by atoms with Gasteiger partial charge in [-0.1, -0.05) is 40.9 Å². The molecule has 0 spiro atoms. The number of hydrogen-bond acceptors (Lipinski definition) is 6. The highest BCUT2D eigenvalue weighted by atomic mass is 35.5. The second kappa shape index (κ2) is 8.42. The fourth-order valence-electron chi connectivity index (χ4n) is 3.85. The third kappa shape index (κ3) is 3.90. The van der Waals surface area contributed by atoms with Crippen LogP contribution in [-0.4, -0.2) is 30.5 Å². The first kappa shape index (κ1) is 21.3. The van der Waals surface area contributed by atoms with Crippen LogP contribution in [0.5, 0.6) is 0 Å². The van der Waals surface area contributed by atoms with Gasteiger partial charge in [0.2, 0.25) is 0 Å². The minimum absolute atomic E-state index is 0.100. The molecule has 2 aromatic carbocycles. The van der Waals surface area contributed by atoms with Crippen molar-refractivity contribution in [2.45, 2.75) is 20.4 Å². The minimum atomic E-state index is -0.350. The van der Waals surface area contributed by atoms with Gasteiger partial charge in [-0.3, -0.25) is 4.79 Å². The van der Waals surface area contributed by atoms with Crippen molar-refractivity contribution in [3.05, 3.63) is 93.3 Å². The molecule has 33 heavy (non-hydrogen) atoms. The molecule has 3 aromatic heterocycles. The van der Waals surface area contributed by atoms with Gasteiger partial charge in [-0.25, -0.2) is 9.97 Å². The van der Waals surface area contributed by atoms with Gasteiger partial charge in [-0.2, -0.15) is 0 Å². The Labute approximate surface area is 199 Å². The molecule has 0 N–H and O–H groups in total. The number of carbonyl (C=O) groups excluding carboxylic acids is 1. The number of fused-ring (bicyclic) bond motifs is 1. The standard InChI is InChI=1S/C24H17Cl2N5O2/c1-13-3-6-20-17(9-13)21(14(2)31(20)11-15-4-5-16(25)10-18(15)26)22(32)24-30-29-23(33-24)19-7-8-27-12-28-19/h3-10,12H,11H2,1-2H3. The number of rotatable bonds is 5. The molecule has 0 fully saturated rings. The molecule has 0 aliphatic rings. The van der Waals surface area contributed by atoms with E-state index in [4.69, 9.17) is 27.6 Å². The van der Waals surface area contributed by atoms with Gasteiger partial charge in [0.05, 0.1) is 5.56 Å². The lowest BCUT2D eigenvalue weighted by molar-refractivity contribution is 0.100. The van der Waals surface area contributed by atoms with Gasteiger partial charge in [0.1, 0.15) is 12.0 Å². The normalized spacial score (nSPS) is 11.3. The van der Waals surface area contributed by atoms with Crippen molar-refractivity contribution < 1.29 is 9.21 Å². The van der Waals surface area contributed by atoms with E-state index in [1.807, 2.05) is 38.1 Å². The maximum Gasteiger partial charge on any atom is 0.289 e. The summed E-state index contributed by atoms with van der Waals surface area (Å²) in [6.45, 7) is 4.36. The van der Waals surface area contributed by atoms with Crippen molar-refractivity contribution in [2.75, 3.05) is 0 Å². The van der Waals surface area contributed by atoms with Crippen molar-refractivity contribution in [3.8, 4) is 11.6 Å². The molecule has 9 heteroatoms. The molecule has 164 valence electrons. The molecule has 0 bridgehead atoms. The lowest BCUT2D eigenvalue weighted by atomic mass is 10.0. The van der Waals surface area contributed by atoms with Crippen LogP contribution < -0.4 is 0 Å². The Morgan fingerprint density at radius 1 is 1.06 bits per heavy atom. The largest absolute Gasteiger partial charge is 0.412 e. The van der Waals surface area contributed by atoms with Gasteiger partial charge in [-0.15, -0.1) is 10.2 Å². The van der Waals surface area contributed by atoms with Crippen molar-refractivity contribution in [1.82, 2.24) is 24.7 Å². The van der Waals surface area contributed by atoms with Crippen molar-refractivity contribution in [2.24, 2.45) is 0 Å². The van der Waals surface area contributed by atoms with Gasteiger partial charge >= 0.3 is 0 Å². The van der Waals surface area contributed by atoms with Crippen molar-refractivity contribution >= 4 is 39.9 Å². The van der Waals surface area contributed by atoms with Gasteiger partial charge in [-0.05, 0) is 49.7 Å². The number of benzene rings is 2. The molecule has 0 unspecified atom stereocenters. The summed E-state index contributed by atoms with van der Waals surface area (Å²) in [5.74, 6) is -0.292. The summed E-state index contributed by atoms with van der Waals surface area (Å²) >= 11 is 12.5. The Kier molecular flexibility index (Phi) is 5.44. The summed E-state index contributed by atoms with van der Waals surface area (Å²) in [6, 6.07) is 13.0. The summed E-state index contributed by atoms with van der Waals surface area (Å²) in [5.41, 5.74) is 4.56. The fourth-order valence-corrected chi connectivity index (χ4v) is 4.32. The minimum Gasteiger partial charge on any atom is -0.412 e. The second-order valence-electron chi connectivity index (χ2n) is 7.64. The molecular formula is C24H17Cl2N5O2. The Morgan fingerprint density at radius 2 is 1.91 bits per heavy atom. The maximum atomic E-state index is 13.5. The van der Waals surface area contributed by atoms with Crippen LogP contribution in [0.4, 0.5) is 0 Å². The van der Waals surface area contributed by atoms with E-state index < -0.39 is 0 Å². The molecule has 0 saturated heterocycles. The van der Waals surface area contributed by atoms with E-state index in [0.29, 0.717) is 27.8 Å². The molecular weight excluding hydrogens is 461 g/mol. The summed E-state index contributed by atoms with van der Waals surface area (Å²) < 4.78 is 7.73. The number of ketones is 1. The summed E-state index contributed by atoms with van der Waals surface area (Å²) in [7, 11) is 0. The predicted molar refractivity (Wildman–Crippen MR) is 126 cm³/mol. The highest BCUT2D eigenvalue weighted by Gasteiger charge is 2.26. The summed E-state index contributed by atoms with van der Waals surface area (Å²) in [4.78, 5) is 21.5. The number of hydrogen-bond donors (Lipinski definition) is 0. The predicted octanol–water partition coefficient (Wildman–Crippen LogP) is 5.68.